The Morgan fingerprint density at radius 3 is 1.15 bits per heavy atom. The van der Waals surface area contributed by atoms with Gasteiger partial charge in [-0.1, -0.05) is 104 Å². The molecule has 40 heavy (non-hydrogen) atoms. The highest BCUT2D eigenvalue weighted by Crippen LogP contribution is 2.33. The average Bonchev–Trinajstić information content (AvgIpc) is 2.86. The van der Waals surface area contributed by atoms with Crippen LogP contribution >= 0.6 is 37.2 Å². The van der Waals surface area contributed by atoms with Crippen molar-refractivity contribution in [3.8, 4) is 0 Å². The molecule has 0 heterocycles. The van der Waals surface area contributed by atoms with Crippen molar-refractivity contribution in [2.24, 2.45) is 0 Å². The minimum atomic E-state index is -0.756. The Balaban J connectivity index is -0.000000176. The number of methoxy groups -OCH3 is 2. The molecule has 0 aliphatic heterocycles. The third-order valence-electron chi connectivity index (χ3n) is 6.18. The van der Waals surface area contributed by atoms with E-state index in [2.05, 4.69) is 37.2 Å². The number of carboxylic acids is 2. The normalized spacial score (nSPS) is 12.2. The number of benzene rings is 2. The van der Waals surface area contributed by atoms with E-state index in [1.807, 2.05) is 74.5 Å². The summed E-state index contributed by atoms with van der Waals surface area (Å²) in [4.78, 5) is 22.0. The lowest BCUT2D eigenvalue weighted by Crippen LogP contribution is -2.26. The lowest BCUT2D eigenvalue weighted by atomic mass is 9.76. The van der Waals surface area contributed by atoms with E-state index in [4.69, 9.17) is 19.7 Å². The number of rotatable bonds is 14. The van der Waals surface area contributed by atoms with Crippen molar-refractivity contribution in [2.45, 2.75) is 92.9 Å². The van der Waals surface area contributed by atoms with Crippen LogP contribution in [0.1, 0.15) is 93.2 Å². The molecular weight excluding hydrogens is 734 g/mol. The van der Waals surface area contributed by atoms with Crippen molar-refractivity contribution in [2.75, 3.05) is 27.4 Å². The van der Waals surface area contributed by atoms with Crippen LogP contribution in [-0.4, -0.2) is 49.6 Å². The van der Waals surface area contributed by atoms with Crippen LogP contribution in [0.15, 0.2) is 60.7 Å². The van der Waals surface area contributed by atoms with E-state index in [9.17, 15) is 9.59 Å². The molecule has 0 radical (unpaired) electrons. The van der Waals surface area contributed by atoms with Gasteiger partial charge in [0.2, 0.25) is 0 Å². The minimum absolute atomic E-state index is 0. The first-order valence-electron chi connectivity index (χ1n) is 11.8. The second-order valence-electron chi connectivity index (χ2n) is 9.19. The zero-order valence-electron chi connectivity index (χ0n) is 21.7. The Morgan fingerprint density at radius 2 is 0.925 bits per heavy atom. The first kappa shape index (κ1) is 48.5. The van der Waals surface area contributed by atoms with Gasteiger partial charge in [-0.05, 0) is 36.8 Å². The summed E-state index contributed by atoms with van der Waals surface area (Å²) in [5.74, 6) is -1.51. The molecule has 0 spiro atoms. The number of ether oxygens (including phenoxy) is 2. The SMILES string of the molecule is C.C.C.C.COCCCC(C)(CC(=O)O)c1ccccc1.COCCCC(C)(CC(=O)O)c1ccccc1.II. The molecule has 6 nitrogen and oxygen atoms in total. The van der Waals surface area contributed by atoms with Gasteiger partial charge in [0, 0.05) is 75.5 Å². The fourth-order valence-electron chi connectivity index (χ4n) is 4.23. The van der Waals surface area contributed by atoms with Gasteiger partial charge in [-0.15, -0.1) is 0 Å². The number of hydrogen-bond acceptors (Lipinski definition) is 4. The predicted molar refractivity (Wildman–Crippen MR) is 189 cm³/mol. The van der Waals surface area contributed by atoms with E-state index in [0.29, 0.717) is 13.2 Å². The van der Waals surface area contributed by atoms with Crippen LogP contribution in [0.3, 0.4) is 0 Å². The van der Waals surface area contributed by atoms with Gasteiger partial charge in [0.05, 0.1) is 12.8 Å². The molecule has 0 amide bonds. The minimum Gasteiger partial charge on any atom is -0.481 e. The van der Waals surface area contributed by atoms with E-state index >= 15 is 0 Å². The van der Waals surface area contributed by atoms with Crippen LogP contribution in [-0.2, 0) is 29.9 Å². The number of halogens is 2. The highest BCUT2D eigenvalue weighted by molar-refractivity contribution is 15.0. The van der Waals surface area contributed by atoms with Crippen LogP contribution in [0.25, 0.3) is 0 Å². The Kier molecular flexibility index (Phi) is 33.8. The smallest absolute Gasteiger partial charge is 0.304 e. The molecule has 2 N–H and O–H groups in total. The molecule has 0 bridgehead atoms. The van der Waals surface area contributed by atoms with Crippen LogP contribution in [0.2, 0.25) is 0 Å². The standard InChI is InChI=1S/2C14H20O3.4CH4.I2/c2*1-14(11-13(15)16,9-6-10-17-2)12-7-4-3-5-8-12;;;;;1-2/h2*3-5,7-8H,6,9-11H2,1-2H3,(H,15,16);4*1H4;. The maximum absolute atomic E-state index is 11.0. The first-order valence-corrected chi connectivity index (χ1v) is 18.1. The maximum Gasteiger partial charge on any atom is 0.304 e. The van der Waals surface area contributed by atoms with Gasteiger partial charge in [-0.2, -0.15) is 0 Å². The third-order valence-corrected chi connectivity index (χ3v) is 6.18. The Bertz CT molecular complexity index is 779. The van der Waals surface area contributed by atoms with E-state index in [0.717, 1.165) is 36.8 Å². The van der Waals surface area contributed by atoms with E-state index in [1.165, 1.54) is 0 Å². The molecule has 0 aliphatic rings. The molecule has 0 saturated carbocycles. The lowest BCUT2D eigenvalue weighted by Gasteiger charge is -2.28. The summed E-state index contributed by atoms with van der Waals surface area (Å²) < 4.78 is 10.1. The van der Waals surface area contributed by atoms with Crippen molar-refractivity contribution in [1.29, 1.82) is 0 Å². The van der Waals surface area contributed by atoms with Gasteiger partial charge in [-0.3, -0.25) is 9.59 Å². The molecule has 8 heteroatoms. The second kappa shape index (κ2) is 27.9. The summed E-state index contributed by atoms with van der Waals surface area (Å²) in [6.07, 6.45) is 3.68. The highest BCUT2D eigenvalue weighted by Gasteiger charge is 2.29. The lowest BCUT2D eigenvalue weighted by molar-refractivity contribution is -0.139. The van der Waals surface area contributed by atoms with Crippen molar-refractivity contribution in [3.63, 3.8) is 0 Å². The monoisotopic (exact) mass is 790 g/mol. The number of hydrogen-bond donors (Lipinski definition) is 2. The average molecular weight is 791 g/mol. The molecule has 2 aromatic carbocycles. The van der Waals surface area contributed by atoms with Gasteiger partial charge in [0.15, 0.2) is 0 Å². The number of carbonyl (C=O) groups is 2. The van der Waals surface area contributed by atoms with Crippen molar-refractivity contribution < 1.29 is 29.3 Å². The number of carboxylic acid groups (broad SMARTS) is 2. The van der Waals surface area contributed by atoms with E-state index in [1.54, 1.807) is 14.2 Å². The van der Waals surface area contributed by atoms with Gasteiger partial charge >= 0.3 is 11.9 Å². The summed E-state index contributed by atoms with van der Waals surface area (Å²) in [6.45, 7) is 5.35. The Labute approximate surface area is 269 Å². The highest BCUT2D eigenvalue weighted by atomic mass is 128. The molecule has 2 rings (SSSR count). The van der Waals surface area contributed by atoms with Gasteiger partial charge in [0.1, 0.15) is 0 Å². The predicted octanol–water partition coefficient (Wildman–Crippen LogP) is 10.0. The van der Waals surface area contributed by atoms with Crippen molar-refractivity contribution in [1.82, 2.24) is 0 Å². The summed E-state index contributed by atoms with van der Waals surface area (Å²) in [7, 11) is 3.33. The van der Waals surface area contributed by atoms with Crippen LogP contribution in [0.4, 0.5) is 0 Å². The molecular formula is C32H56I2O6. The first-order chi connectivity index (χ1) is 17.2. The molecule has 0 aromatic heterocycles. The largest absolute Gasteiger partial charge is 0.481 e. The molecule has 2 unspecified atom stereocenters. The van der Waals surface area contributed by atoms with E-state index in [-0.39, 0.29) is 53.4 Å². The summed E-state index contributed by atoms with van der Waals surface area (Å²) in [5, 5.41) is 18.1. The fourth-order valence-corrected chi connectivity index (χ4v) is 4.23. The molecule has 0 aliphatic carbocycles. The van der Waals surface area contributed by atoms with E-state index < -0.39 is 11.9 Å². The Hall–Kier alpha value is -1.24. The molecule has 2 atom stereocenters. The summed E-state index contributed by atoms with van der Waals surface area (Å²) >= 11 is 4.24. The van der Waals surface area contributed by atoms with Crippen LogP contribution in [0, 0.1) is 0 Å². The van der Waals surface area contributed by atoms with Crippen molar-refractivity contribution >= 4 is 49.2 Å². The number of aliphatic carboxylic acids is 2. The third kappa shape index (κ3) is 19.8. The zero-order valence-corrected chi connectivity index (χ0v) is 26.0. The maximum atomic E-state index is 11.0. The molecule has 234 valence electrons. The summed E-state index contributed by atoms with van der Waals surface area (Å²) in [6, 6.07) is 19.7. The molecule has 0 saturated heterocycles. The summed E-state index contributed by atoms with van der Waals surface area (Å²) in [5.41, 5.74) is 1.54. The zero-order chi connectivity index (χ0) is 27.5. The van der Waals surface area contributed by atoms with Gasteiger partial charge in [-0.25, -0.2) is 0 Å². The quantitative estimate of drug-likeness (QED) is 0.146. The molecule has 0 fully saturated rings. The molecule has 2 aromatic rings. The second-order valence-corrected chi connectivity index (χ2v) is 9.19. The van der Waals surface area contributed by atoms with Crippen LogP contribution < -0.4 is 0 Å². The fraction of sp³-hybridized carbons (Fsp3) is 0.562. The van der Waals surface area contributed by atoms with Crippen molar-refractivity contribution in [3.05, 3.63) is 71.8 Å². The van der Waals surface area contributed by atoms with Gasteiger partial charge < -0.3 is 19.7 Å². The topological polar surface area (TPSA) is 93.1 Å². The van der Waals surface area contributed by atoms with Crippen LogP contribution in [0.5, 0.6) is 0 Å². The van der Waals surface area contributed by atoms with Gasteiger partial charge in [0.25, 0.3) is 0 Å². The Morgan fingerprint density at radius 1 is 0.650 bits per heavy atom.